The van der Waals surface area contributed by atoms with Crippen LogP contribution in [0, 0.1) is 0 Å². The Balaban J connectivity index is 2.06. The van der Waals surface area contributed by atoms with Crippen LogP contribution >= 0.6 is 10.2 Å². The average molecular weight is 337 g/mol. The lowest BCUT2D eigenvalue weighted by Crippen LogP contribution is -2.22. The molecule has 0 aliphatic rings. The van der Waals surface area contributed by atoms with Gasteiger partial charge in [-0.15, -0.1) is 0 Å². The molecule has 0 aromatic heterocycles. The number of hydrogen-bond donors (Lipinski definition) is 1. The standard InChI is InChI=1S/C14H12F5NOS/c15-22(16,17,18,19)13-8-6-11(7-9-13)10-20-14(21)12-4-2-1-3-5-12/h1-9H,10H2,(H,20,21). The van der Waals surface area contributed by atoms with Gasteiger partial charge in [-0.3, -0.25) is 4.79 Å². The number of halogens is 5. The van der Waals surface area contributed by atoms with Crippen molar-refractivity contribution in [3.8, 4) is 0 Å². The molecule has 22 heavy (non-hydrogen) atoms. The van der Waals surface area contributed by atoms with Gasteiger partial charge in [0, 0.05) is 12.1 Å². The van der Waals surface area contributed by atoms with E-state index in [1.807, 2.05) is 0 Å². The molecule has 0 heterocycles. The summed E-state index contributed by atoms with van der Waals surface area (Å²) in [6.07, 6.45) is 0. The Hall–Kier alpha value is -2.09. The Morgan fingerprint density at radius 2 is 1.41 bits per heavy atom. The summed E-state index contributed by atoms with van der Waals surface area (Å²) in [7, 11) is -9.65. The van der Waals surface area contributed by atoms with Gasteiger partial charge >= 0.3 is 10.2 Å². The lowest BCUT2D eigenvalue weighted by Gasteiger charge is -2.40. The van der Waals surface area contributed by atoms with E-state index < -0.39 is 21.0 Å². The number of carbonyl (C=O) groups excluding carboxylic acids is 1. The molecule has 0 aliphatic heterocycles. The van der Waals surface area contributed by atoms with Gasteiger partial charge in [0.2, 0.25) is 0 Å². The molecule has 0 saturated heterocycles. The van der Waals surface area contributed by atoms with Crippen molar-refractivity contribution in [2.24, 2.45) is 0 Å². The van der Waals surface area contributed by atoms with Gasteiger partial charge in [0.1, 0.15) is 4.90 Å². The summed E-state index contributed by atoms with van der Waals surface area (Å²) in [5, 5.41) is 2.49. The number of nitrogens with one attached hydrogen (secondary N) is 1. The van der Waals surface area contributed by atoms with Crippen LogP contribution in [-0.4, -0.2) is 5.91 Å². The van der Waals surface area contributed by atoms with Gasteiger partial charge in [-0.05, 0) is 29.8 Å². The summed E-state index contributed by atoms with van der Waals surface area (Å²) in [6, 6.07) is 10.7. The third kappa shape index (κ3) is 4.20. The smallest absolute Gasteiger partial charge is 0.310 e. The number of rotatable bonds is 4. The lowest BCUT2D eigenvalue weighted by molar-refractivity contribution is 0.0951. The average Bonchev–Trinajstić information content (AvgIpc) is 2.44. The van der Waals surface area contributed by atoms with Crippen LogP contribution in [0.1, 0.15) is 15.9 Å². The summed E-state index contributed by atoms with van der Waals surface area (Å²) < 4.78 is 62.7. The zero-order valence-electron chi connectivity index (χ0n) is 11.1. The number of amides is 1. The summed E-state index contributed by atoms with van der Waals surface area (Å²) in [4.78, 5) is 9.79. The minimum absolute atomic E-state index is 0.0612. The van der Waals surface area contributed by atoms with Gasteiger partial charge in [0.15, 0.2) is 0 Å². The third-order valence-corrected chi connectivity index (χ3v) is 4.02. The largest absolute Gasteiger partial charge is 0.348 e. The molecule has 0 aliphatic carbocycles. The Kier molecular flexibility index (Phi) is 3.48. The molecule has 0 saturated carbocycles. The number of benzene rings is 2. The van der Waals surface area contributed by atoms with Crippen LogP contribution < -0.4 is 5.32 Å². The first-order chi connectivity index (χ1) is 9.95. The first kappa shape index (κ1) is 16.3. The van der Waals surface area contributed by atoms with Gasteiger partial charge in [0.25, 0.3) is 5.91 Å². The molecule has 120 valence electrons. The molecule has 1 N–H and O–H groups in total. The summed E-state index contributed by atoms with van der Waals surface area (Å²) in [5.74, 6) is -0.405. The predicted octanol–water partition coefficient (Wildman–Crippen LogP) is 5.27. The van der Waals surface area contributed by atoms with Crippen molar-refractivity contribution >= 4 is 16.1 Å². The van der Waals surface area contributed by atoms with Crippen molar-refractivity contribution in [1.29, 1.82) is 0 Å². The zero-order valence-corrected chi connectivity index (χ0v) is 11.9. The first-order valence-corrected chi connectivity index (χ1v) is 8.07. The van der Waals surface area contributed by atoms with Crippen LogP contribution in [0.5, 0.6) is 0 Å². The monoisotopic (exact) mass is 337 g/mol. The Labute approximate surface area is 123 Å². The molecule has 2 nitrogen and oxygen atoms in total. The van der Waals surface area contributed by atoms with E-state index in [4.69, 9.17) is 0 Å². The second kappa shape index (κ2) is 4.70. The molecular formula is C14H12F5NOS. The summed E-state index contributed by atoms with van der Waals surface area (Å²) >= 11 is 0. The SMILES string of the molecule is O=C(NCc1ccc(S(F)(F)(F)(F)F)cc1)c1ccccc1. The fourth-order valence-electron chi connectivity index (χ4n) is 1.74. The fourth-order valence-corrected chi connectivity index (χ4v) is 2.39. The van der Waals surface area contributed by atoms with Crippen LogP contribution in [0.25, 0.3) is 0 Å². The van der Waals surface area contributed by atoms with E-state index in [1.54, 1.807) is 30.3 Å². The van der Waals surface area contributed by atoms with Crippen molar-refractivity contribution in [1.82, 2.24) is 5.32 Å². The highest BCUT2D eigenvalue weighted by Gasteiger charge is 2.65. The van der Waals surface area contributed by atoms with Gasteiger partial charge in [-0.2, -0.15) is 0 Å². The van der Waals surface area contributed by atoms with Crippen LogP contribution in [0.3, 0.4) is 0 Å². The highest BCUT2D eigenvalue weighted by Crippen LogP contribution is 3.02. The van der Waals surface area contributed by atoms with Crippen LogP contribution in [-0.2, 0) is 6.54 Å². The maximum absolute atomic E-state index is 12.5. The predicted molar refractivity (Wildman–Crippen MR) is 75.5 cm³/mol. The van der Waals surface area contributed by atoms with E-state index in [2.05, 4.69) is 5.32 Å². The van der Waals surface area contributed by atoms with Crippen molar-refractivity contribution in [2.45, 2.75) is 11.4 Å². The van der Waals surface area contributed by atoms with Crippen LogP contribution in [0.15, 0.2) is 59.5 Å². The van der Waals surface area contributed by atoms with E-state index in [-0.39, 0.29) is 12.1 Å². The van der Waals surface area contributed by atoms with Crippen molar-refractivity contribution in [3.05, 3.63) is 65.7 Å². The van der Waals surface area contributed by atoms with Gasteiger partial charge < -0.3 is 5.32 Å². The van der Waals surface area contributed by atoms with Gasteiger partial charge in [-0.25, -0.2) is 0 Å². The number of carbonyl (C=O) groups is 1. The van der Waals surface area contributed by atoms with E-state index in [9.17, 15) is 24.2 Å². The normalized spacial score (nSPS) is 14.8. The molecule has 1 amide bonds. The van der Waals surface area contributed by atoms with Gasteiger partial charge in [-0.1, -0.05) is 49.8 Å². The molecule has 2 rings (SSSR count). The number of hydrogen-bond acceptors (Lipinski definition) is 1. The lowest BCUT2D eigenvalue weighted by atomic mass is 10.2. The highest BCUT2D eigenvalue weighted by molar-refractivity contribution is 8.45. The first-order valence-electron chi connectivity index (χ1n) is 6.12. The molecule has 8 heteroatoms. The maximum atomic E-state index is 12.5. The molecule has 0 unspecified atom stereocenters. The minimum atomic E-state index is -9.65. The zero-order chi connectivity index (χ0) is 16.5. The summed E-state index contributed by atoms with van der Waals surface area (Å²) in [5.41, 5.74) is 0.681. The molecule has 0 bridgehead atoms. The topological polar surface area (TPSA) is 29.1 Å². The summed E-state index contributed by atoms with van der Waals surface area (Å²) in [6.45, 7) is -0.0612. The van der Waals surface area contributed by atoms with E-state index in [0.29, 0.717) is 17.7 Å². The molecule has 0 fully saturated rings. The van der Waals surface area contributed by atoms with Crippen molar-refractivity contribution < 1.29 is 24.2 Å². The second-order valence-corrected chi connectivity index (χ2v) is 7.07. The van der Waals surface area contributed by atoms with E-state index in [0.717, 1.165) is 12.1 Å². The van der Waals surface area contributed by atoms with Crippen molar-refractivity contribution in [3.63, 3.8) is 0 Å². The van der Waals surface area contributed by atoms with Crippen LogP contribution in [0.2, 0.25) is 0 Å². The molecule has 0 radical (unpaired) electrons. The van der Waals surface area contributed by atoms with Gasteiger partial charge in [0.05, 0.1) is 0 Å². The Morgan fingerprint density at radius 3 is 1.91 bits per heavy atom. The van der Waals surface area contributed by atoms with E-state index in [1.165, 1.54) is 0 Å². The van der Waals surface area contributed by atoms with E-state index >= 15 is 0 Å². The van der Waals surface area contributed by atoms with Crippen molar-refractivity contribution in [2.75, 3.05) is 0 Å². The van der Waals surface area contributed by atoms with Crippen LogP contribution in [0.4, 0.5) is 19.4 Å². The molecule has 2 aromatic carbocycles. The minimum Gasteiger partial charge on any atom is -0.348 e. The molecular weight excluding hydrogens is 325 g/mol. The third-order valence-electron chi connectivity index (χ3n) is 2.86. The molecule has 0 atom stereocenters. The molecule has 0 spiro atoms. The second-order valence-electron chi connectivity index (χ2n) is 4.66. The Bertz CT molecular complexity index is 683. The fraction of sp³-hybridized carbons (Fsp3) is 0.0714. The Morgan fingerprint density at radius 1 is 0.864 bits per heavy atom. The molecule has 2 aromatic rings. The highest BCUT2D eigenvalue weighted by atomic mass is 32.5. The quantitative estimate of drug-likeness (QED) is 0.756. The maximum Gasteiger partial charge on any atom is 0.310 e.